The van der Waals surface area contributed by atoms with Crippen LogP contribution in [0.4, 0.5) is 0 Å². The highest BCUT2D eigenvalue weighted by atomic mass is 35.5. The quantitative estimate of drug-likeness (QED) is 0.914. The van der Waals surface area contributed by atoms with E-state index in [4.69, 9.17) is 10.3 Å². The maximum absolute atomic E-state index is 5.66. The van der Waals surface area contributed by atoms with E-state index in [0.717, 1.165) is 37.5 Å². The Labute approximate surface area is 134 Å². The summed E-state index contributed by atoms with van der Waals surface area (Å²) in [6, 6.07) is 4.01. The van der Waals surface area contributed by atoms with Gasteiger partial charge >= 0.3 is 0 Å². The second kappa shape index (κ2) is 7.89. The van der Waals surface area contributed by atoms with Gasteiger partial charge in [-0.1, -0.05) is 11.2 Å². The molecule has 3 heterocycles. The van der Waals surface area contributed by atoms with Crippen LogP contribution in [0.1, 0.15) is 25.2 Å². The summed E-state index contributed by atoms with van der Waals surface area (Å²) in [4.78, 5) is 7.94. The topological polar surface area (TPSA) is 68.2 Å². The van der Waals surface area contributed by atoms with E-state index >= 15 is 0 Å². The van der Waals surface area contributed by atoms with Crippen LogP contribution in [0.5, 0.6) is 0 Å². The zero-order valence-corrected chi connectivity index (χ0v) is 13.5. The Balaban J connectivity index is 0.00000161. The first-order valence-corrected chi connectivity index (χ1v) is 8.02. The molecule has 1 saturated heterocycles. The van der Waals surface area contributed by atoms with Crippen molar-refractivity contribution in [1.29, 1.82) is 0 Å². The number of piperidine rings is 1. The predicted molar refractivity (Wildman–Crippen MR) is 86.5 cm³/mol. The molecule has 0 aliphatic carbocycles. The van der Waals surface area contributed by atoms with Crippen molar-refractivity contribution in [2.24, 2.45) is 11.7 Å². The van der Waals surface area contributed by atoms with Crippen LogP contribution in [0, 0.1) is 5.92 Å². The molecule has 21 heavy (non-hydrogen) atoms. The molecule has 1 atom stereocenters. The van der Waals surface area contributed by atoms with Crippen LogP contribution in [-0.2, 0) is 6.54 Å². The number of rotatable bonds is 5. The van der Waals surface area contributed by atoms with Crippen LogP contribution >= 0.6 is 23.7 Å². The highest BCUT2D eigenvalue weighted by Crippen LogP contribution is 2.23. The highest BCUT2D eigenvalue weighted by molar-refractivity contribution is 7.13. The molecule has 1 unspecified atom stereocenters. The third-order valence-corrected chi connectivity index (χ3v) is 4.61. The molecule has 2 N–H and O–H groups in total. The van der Waals surface area contributed by atoms with Crippen LogP contribution in [-0.4, -0.2) is 34.7 Å². The van der Waals surface area contributed by atoms with E-state index in [0.29, 0.717) is 17.6 Å². The van der Waals surface area contributed by atoms with Gasteiger partial charge in [-0.05, 0) is 49.7 Å². The number of halogens is 1. The third-order valence-electron chi connectivity index (χ3n) is 3.75. The molecule has 116 valence electrons. The SMILES string of the molecule is Cl.NCCC1CCCN(Cc2nc(-c3cccs3)no2)C1. The van der Waals surface area contributed by atoms with Crippen LogP contribution < -0.4 is 5.73 Å². The van der Waals surface area contributed by atoms with Gasteiger partial charge in [-0.2, -0.15) is 4.98 Å². The summed E-state index contributed by atoms with van der Waals surface area (Å²) >= 11 is 1.63. The van der Waals surface area contributed by atoms with Crippen molar-refractivity contribution in [1.82, 2.24) is 15.0 Å². The number of hydrogen-bond acceptors (Lipinski definition) is 6. The van der Waals surface area contributed by atoms with Crippen molar-refractivity contribution in [3.8, 4) is 10.7 Å². The lowest BCUT2D eigenvalue weighted by Crippen LogP contribution is -2.35. The Kier molecular flexibility index (Phi) is 6.17. The fraction of sp³-hybridized carbons (Fsp3) is 0.571. The lowest BCUT2D eigenvalue weighted by molar-refractivity contribution is 0.146. The largest absolute Gasteiger partial charge is 0.338 e. The van der Waals surface area contributed by atoms with Crippen molar-refractivity contribution >= 4 is 23.7 Å². The minimum atomic E-state index is 0. The lowest BCUT2D eigenvalue weighted by atomic mass is 9.95. The van der Waals surface area contributed by atoms with Gasteiger partial charge in [0.05, 0.1) is 11.4 Å². The average Bonchev–Trinajstić information content (AvgIpc) is 3.10. The van der Waals surface area contributed by atoms with Crippen molar-refractivity contribution in [2.75, 3.05) is 19.6 Å². The Bertz CT molecular complexity index is 529. The molecule has 2 aromatic heterocycles. The van der Waals surface area contributed by atoms with Gasteiger partial charge in [0, 0.05) is 6.54 Å². The average molecular weight is 329 g/mol. The molecule has 1 fully saturated rings. The summed E-state index contributed by atoms with van der Waals surface area (Å²) in [6.07, 6.45) is 3.63. The van der Waals surface area contributed by atoms with Crippen LogP contribution in [0.3, 0.4) is 0 Å². The minimum absolute atomic E-state index is 0. The number of hydrogen-bond donors (Lipinski definition) is 1. The smallest absolute Gasteiger partial charge is 0.241 e. The molecule has 0 saturated carbocycles. The molecule has 0 amide bonds. The van der Waals surface area contributed by atoms with Gasteiger partial charge in [0.25, 0.3) is 0 Å². The first kappa shape index (κ1) is 16.4. The zero-order chi connectivity index (χ0) is 13.8. The standard InChI is InChI=1S/C14H20N4OS.ClH/c15-6-5-11-3-1-7-18(9-11)10-13-16-14(17-19-13)12-4-2-8-20-12;/h2,4,8,11H,1,3,5-7,9-10,15H2;1H. The van der Waals surface area contributed by atoms with E-state index in [2.05, 4.69) is 15.0 Å². The van der Waals surface area contributed by atoms with Crippen LogP contribution in [0.15, 0.2) is 22.0 Å². The Hall–Kier alpha value is -0.950. The van der Waals surface area contributed by atoms with Gasteiger partial charge in [0.15, 0.2) is 0 Å². The first-order valence-electron chi connectivity index (χ1n) is 7.14. The van der Waals surface area contributed by atoms with Gasteiger partial charge in [-0.3, -0.25) is 4.90 Å². The van der Waals surface area contributed by atoms with Gasteiger partial charge in [-0.25, -0.2) is 0 Å². The molecule has 1 aliphatic heterocycles. The molecule has 1 aliphatic rings. The van der Waals surface area contributed by atoms with Crippen molar-refractivity contribution < 1.29 is 4.52 Å². The predicted octanol–water partition coefficient (Wildman–Crippen LogP) is 2.78. The summed E-state index contributed by atoms with van der Waals surface area (Å²) in [5.74, 6) is 2.13. The van der Waals surface area contributed by atoms with E-state index in [9.17, 15) is 0 Å². The molecule has 3 rings (SSSR count). The van der Waals surface area contributed by atoms with Crippen molar-refractivity contribution in [3.63, 3.8) is 0 Å². The van der Waals surface area contributed by atoms with Gasteiger partial charge in [0.1, 0.15) is 0 Å². The number of likely N-dealkylation sites (tertiary alicyclic amines) is 1. The number of nitrogens with two attached hydrogens (primary N) is 1. The highest BCUT2D eigenvalue weighted by Gasteiger charge is 2.21. The van der Waals surface area contributed by atoms with Gasteiger partial charge < -0.3 is 10.3 Å². The van der Waals surface area contributed by atoms with E-state index in [1.54, 1.807) is 11.3 Å². The maximum Gasteiger partial charge on any atom is 0.241 e. The normalized spacial score (nSPS) is 19.4. The Morgan fingerprint density at radius 1 is 1.48 bits per heavy atom. The second-order valence-corrected chi connectivity index (χ2v) is 6.26. The van der Waals surface area contributed by atoms with Crippen molar-refractivity contribution in [3.05, 3.63) is 23.4 Å². The number of nitrogens with zero attached hydrogens (tertiary/aromatic N) is 3. The summed E-state index contributed by atoms with van der Waals surface area (Å²) in [6.45, 7) is 3.73. The fourth-order valence-corrected chi connectivity index (χ4v) is 3.43. The minimum Gasteiger partial charge on any atom is -0.338 e. The molecule has 5 nitrogen and oxygen atoms in total. The van der Waals surface area contributed by atoms with E-state index in [1.807, 2.05) is 17.5 Å². The van der Waals surface area contributed by atoms with Gasteiger partial charge in [0.2, 0.25) is 11.7 Å². The molecule has 0 aromatic carbocycles. The molecular weight excluding hydrogens is 308 g/mol. The van der Waals surface area contributed by atoms with Crippen molar-refractivity contribution in [2.45, 2.75) is 25.8 Å². The monoisotopic (exact) mass is 328 g/mol. The fourth-order valence-electron chi connectivity index (χ4n) is 2.78. The third kappa shape index (κ3) is 4.26. The zero-order valence-electron chi connectivity index (χ0n) is 11.9. The molecule has 7 heteroatoms. The summed E-state index contributed by atoms with van der Waals surface area (Å²) in [5.41, 5.74) is 5.66. The Morgan fingerprint density at radius 2 is 2.38 bits per heavy atom. The van der Waals surface area contributed by atoms with E-state index in [1.165, 1.54) is 12.8 Å². The van der Waals surface area contributed by atoms with Crippen LogP contribution in [0.2, 0.25) is 0 Å². The summed E-state index contributed by atoms with van der Waals surface area (Å²) in [5, 5.41) is 6.08. The second-order valence-electron chi connectivity index (χ2n) is 5.31. The Morgan fingerprint density at radius 3 is 3.14 bits per heavy atom. The van der Waals surface area contributed by atoms with E-state index < -0.39 is 0 Å². The summed E-state index contributed by atoms with van der Waals surface area (Å²) in [7, 11) is 0. The van der Waals surface area contributed by atoms with E-state index in [-0.39, 0.29) is 12.4 Å². The van der Waals surface area contributed by atoms with Crippen LogP contribution in [0.25, 0.3) is 10.7 Å². The molecular formula is C14H21ClN4OS. The summed E-state index contributed by atoms with van der Waals surface area (Å²) < 4.78 is 5.37. The maximum atomic E-state index is 5.66. The molecule has 0 spiro atoms. The lowest BCUT2D eigenvalue weighted by Gasteiger charge is -2.31. The number of aromatic nitrogens is 2. The number of thiophene rings is 1. The molecule has 0 bridgehead atoms. The molecule has 0 radical (unpaired) electrons. The van der Waals surface area contributed by atoms with Gasteiger partial charge in [-0.15, -0.1) is 23.7 Å². The first-order chi connectivity index (χ1) is 9.85. The molecule has 2 aromatic rings.